The standard InChI is InChI=1S/C46H28N4O/c47-29-30-9-7-14-37(27-30)39-15-8-16-41-43(39)40-26-25-38(28-42(40)51-41)46-49-44(35-21-17-33(18-22-35)31-10-3-1-4-11-31)48-45(50-46)36-23-19-34(20-24-36)32-12-5-2-6-13-32/h1-28H. The smallest absolute Gasteiger partial charge is 0.164 e. The summed E-state index contributed by atoms with van der Waals surface area (Å²) in [5.74, 6) is 1.73. The van der Waals surface area contributed by atoms with Gasteiger partial charge in [-0.2, -0.15) is 5.26 Å². The Balaban J connectivity index is 1.16. The van der Waals surface area contributed by atoms with Crippen LogP contribution in [0.5, 0.6) is 0 Å². The summed E-state index contributed by atoms with van der Waals surface area (Å²) in [6, 6.07) is 59.4. The van der Waals surface area contributed by atoms with E-state index in [0.29, 0.717) is 23.0 Å². The minimum Gasteiger partial charge on any atom is -0.456 e. The second kappa shape index (κ2) is 12.7. The molecule has 2 aromatic heterocycles. The molecule has 0 bridgehead atoms. The van der Waals surface area contributed by atoms with Crippen molar-refractivity contribution in [3.8, 4) is 73.6 Å². The molecule has 9 aromatic rings. The zero-order valence-corrected chi connectivity index (χ0v) is 27.4. The van der Waals surface area contributed by atoms with Crippen molar-refractivity contribution in [2.24, 2.45) is 0 Å². The van der Waals surface area contributed by atoms with Crippen LogP contribution in [0.4, 0.5) is 0 Å². The number of hydrogen-bond acceptors (Lipinski definition) is 5. The summed E-state index contributed by atoms with van der Waals surface area (Å²) in [4.78, 5) is 15.0. The molecule has 2 heterocycles. The van der Waals surface area contributed by atoms with Gasteiger partial charge in [0.05, 0.1) is 11.6 Å². The average molecular weight is 653 g/mol. The van der Waals surface area contributed by atoms with Gasteiger partial charge in [0.15, 0.2) is 17.5 Å². The van der Waals surface area contributed by atoms with E-state index in [2.05, 4.69) is 91.0 Å². The van der Waals surface area contributed by atoms with Crippen LogP contribution in [0, 0.1) is 11.3 Å². The Bertz CT molecular complexity index is 2630. The van der Waals surface area contributed by atoms with Gasteiger partial charge in [0, 0.05) is 27.5 Å². The molecule has 5 heteroatoms. The predicted octanol–water partition coefficient (Wildman–Crippen LogP) is 11.6. The number of fused-ring (bicyclic) bond motifs is 3. The molecule has 0 aliphatic carbocycles. The highest BCUT2D eigenvalue weighted by atomic mass is 16.3. The lowest BCUT2D eigenvalue weighted by Gasteiger charge is -2.10. The molecule has 238 valence electrons. The van der Waals surface area contributed by atoms with E-state index in [0.717, 1.165) is 72.0 Å². The number of aromatic nitrogens is 3. The van der Waals surface area contributed by atoms with E-state index >= 15 is 0 Å². The highest BCUT2D eigenvalue weighted by Crippen LogP contribution is 2.38. The van der Waals surface area contributed by atoms with Crippen molar-refractivity contribution < 1.29 is 4.42 Å². The number of furan rings is 1. The van der Waals surface area contributed by atoms with Gasteiger partial charge in [-0.3, -0.25) is 0 Å². The zero-order valence-electron chi connectivity index (χ0n) is 27.4. The maximum atomic E-state index is 9.51. The topological polar surface area (TPSA) is 75.6 Å². The maximum absolute atomic E-state index is 9.51. The Morgan fingerprint density at radius 1 is 0.392 bits per heavy atom. The third-order valence-corrected chi connectivity index (χ3v) is 9.19. The molecule has 5 nitrogen and oxygen atoms in total. The number of benzene rings is 7. The normalized spacial score (nSPS) is 11.1. The van der Waals surface area contributed by atoms with Gasteiger partial charge in [0.2, 0.25) is 0 Å². The van der Waals surface area contributed by atoms with E-state index in [-0.39, 0.29) is 0 Å². The number of hydrogen-bond donors (Lipinski definition) is 0. The summed E-state index contributed by atoms with van der Waals surface area (Å²) in [7, 11) is 0. The van der Waals surface area contributed by atoms with E-state index in [1.807, 2.05) is 84.9 Å². The molecular weight excluding hydrogens is 625 g/mol. The molecule has 51 heavy (non-hydrogen) atoms. The lowest BCUT2D eigenvalue weighted by atomic mass is 9.98. The van der Waals surface area contributed by atoms with Crippen LogP contribution in [0.1, 0.15) is 5.56 Å². The predicted molar refractivity (Wildman–Crippen MR) is 204 cm³/mol. The monoisotopic (exact) mass is 652 g/mol. The SMILES string of the molecule is N#Cc1cccc(-c2cccc3oc4cc(-c5nc(-c6ccc(-c7ccccc7)cc6)nc(-c6ccc(-c7ccccc7)cc6)n5)ccc4c23)c1. The molecule has 0 saturated heterocycles. The van der Waals surface area contributed by atoms with E-state index in [4.69, 9.17) is 19.4 Å². The fraction of sp³-hybridized carbons (Fsp3) is 0. The molecule has 0 unspecified atom stereocenters. The van der Waals surface area contributed by atoms with Gasteiger partial charge in [0.1, 0.15) is 11.2 Å². The van der Waals surface area contributed by atoms with Crippen molar-refractivity contribution in [2.75, 3.05) is 0 Å². The molecule has 0 amide bonds. The van der Waals surface area contributed by atoms with Crippen LogP contribution in [0.25, 0.3) is 89.5 Å². The third kappa shape index (κ3) is 5.71. The second-order valence-electron chi connectivity index (χ2n) is 12.4. The summed E-state index contributed by atoms with van der Waals surface area (Å²) in [5.41, 5.74) is 11.3. The van der Waals surface area contributed by atoms with E-state index < -0.39 is 0 Å². The molecule has 9 rings (SSSR count). The Morgan fingerprint density at radius 2 is 0.882 bits per heavy atom. The van der Waals surface area contributed by atoms with Gasteiger partial charge in [-0.1, -0.05) is 140 Å². The molecule has 0 radical (unpaired) electrons. The van der Waals surface area contributed by atoms with Gasteiger partial charge in [0.25, 0.3) is 0 Å². The Morgan fingerprint density at radius 3 is 1.47 bits per heavy atom. The molecule has 0 saturated carbocycles. The molecule has 0 spiro atoms. The molecule has 0 atom stereocenters. The van der Waals surface area contributed by atoms with Crippen molar-refractivity contribution in [2.45, 2.75) is 0 Å². The minimum atomic E-state index is 0.554. The van der Waals surface area contributed by atoms with Gasteiger partial charge in [-0.15, -0.1) is 0 Å². The first-order valence-electron chi connectivity index (χ1n) is 16.7. The molecule has 0 N–H and O–H groups in total. The lowest BCUT2D eigenvalue weighted by Crippen LogP contribution is -2.00. The average Bonchev–Trinajstić information content (AvgIpc) is 3.60. The summed E-state index contributed by atoms with van der Waals surface area (Å²) in [6.45, 7) is 0. The summed E-state index contributed by atoms with van der Waals surface area (Å²) < 4.78 is 6.44. The minimum absolute atomic E-state index is 0.554. The van der Waals surface area contributed by atoms with Gasteiger partial charge < -0.3 is 4.42 Å². The van der Waals surface area contributed by atoms with E-state index in [1.165, 1.54) is 0 Å². The van der Waals surface area contributed by atoms with Crippen LogP contribution in [0.3, 0.4) is 0 Å². The fourth-order valence-corrected chi connectivity index (χ4v) is 6.61. The van der Waals surface area contributed by atoms with Crippen molar-refractivity contribution in [3.63, 3.8) is 0 Å². The number of rotatable bonds is 6. The first kappa shape index (κ1) is 29.9. The quantitative estimate of drug-likeness (QED) is 0.179. The first-order valence-corrected chi connectivity index (χ1v) is 16.7. The van der Waals surface area contributed by atoms with Crippen LogP contribution in [-0.2, 0) is 0 Å². The highest BCUT2D eigenvalue weighted by molar-refractivity contribution is 6.13. The van der Waals surface area contributed by atoms with Gasteiger partial charge in [-0.25, -0.2) is 15.0 Å². The maximum Gasteiger partial charge on any atom is 0.164 e. The van der Waals surface area contributed by atoms with E-state index in [9.17, 15) is 5.26 Å². The van der Waals surface area contributed by atoms with Crippen LogP contribution < -0.4 is 0 Å². The Kier molecular flexibility index (Phi) is 7.46. The zero-order chi connectivity index (χ0) is 34.1. The van der Waals surface area contributed by atoms with Crippen molar-refractivity contribution >= 4 is 21.9 Å². The Labute approximate surface area is 294 Å². The van der Waals surface area contributed by atoms with Crippen LogP contribution in [0.2, 0.25) is 0 Å². The third-order valence-electron chi connectivity index (χ3n) is 9.19. The largest absolute Gasteiger partial charge is 0.456 e. The first-order chi connectivity index (χ1) is 25.2. The van der Waals surface area contributed by atoms with Crippen LogP contribution in [-0.4, -0.2) is 15.0 Å². The molecule has 0 fully saturated rings. The highest BCUT2D eigenvalue weighted by Gasteiger charge is 2.17. The van der Waals surface area contributed by atoms with Crippen LogP contribution >= 0.6 is 0 Å². The van der Waals surface area contributed by atoms with Gasteiger partial charge >= 0.3 is 0 Å². The molecule has 0 aliphatic rings. The molecule has 7 aromatic carbocycles. The van der Waals surface area contributed by atoms with Gasteiger partial charge in [-0.05, 0) is 63.7 Å². The van der Waals surface area contributed by atoms with Crippen molar-refractivity contribution in [3.05, 3.63) is 175 Å². The molecular formula is C46H28N4O. The Hall–Kier alpha value is -7.16. The lowest BCUT2D eigenvalue weighted by molar-refractivity contribution is 0.669. The summed E-state index contributed by atoms with van der Waals surface area (Å²) in [5, 5.41) is 11.5. The fourth-order valence-electron chi connectivity index (χ4n) is 6.61. The summed E-state index contributed by atoms with van der Waals surface area (Å²) in [6.07, 6.45) is 0. The van der Waals surface area contributed by atoms with Crippen molar-refractivity contribution in [1.29, 1.82) is 5.26 Å². The summed E-state index contributed by atoms with van der Waals surface area (Å²) >= 11 is 0. The molecule has 0 aliphatic heterocycles. The van der Waals surface area contributed by atoms with E-state index in [1.54, 1.807) is 0 Å². The number of nitrogens with zero attached hydrogens (tertiary/aromatic N) is 4. The number of nitriles is 1. The second-order valence-corrected chi connectivity index (χ2v) is 12.4. The van der Waals surface area contributed by atoms with Crippen molar-refractivity contribution in [1.82, 2.24) is 15.0 Å². The van der Waals surface area contributed by atoms with Crippen LogP contribution in [0.15, 0.2) is 174 Å².